The summed E-state index contributed by atoms with van der Waals surface area (Å²) < 4.78 is 9.51. The Morgan fingerprint density at radius 3 is 3.00 bits per heavy atom. The first kappa shape index (κ1) is 12.4. The molecule has 1 aromatic rings. The third-order valence-electron chi connectivity index (χ3n) is 3.03. The molecule has 2 amide bonds. The minimum absolute atomic E-state index is 0.0253. The van der Waals surface area contributed by atoms with Crippen LogP contribution in [0.5, 0.6) is 0 Å². The first-order chi connectivity index (χ1) is 8.59. The van der Waals surface area contributed by atoms with Crippen molar-refractivity contribution >= 4 is 12.0 Å². The molecule has 0 saturated carbocycles. The standard InChI is InChI=1S/C11H15N3O4/c1-8(9-3-5-18-12-9)13(2)10(15)7-14-4-6-17-11(14)16/h3,5,8H,4,6-7H2,1-2H3/t8-/m1/s1. The number of hydrogen-bond donors (Lipinski definition) is 0. The summed E-state index contributed by atoms with van der Waals surface area (Å²) in [6, 6.07) is 1.51. The van der Waals surface area contributed by atoms with Crippen molar-refractivity contribution in [3.8, 4) is 0 Å². The molecule has 1 saturated heterocycles. The minimum atomic E-state index is -0.439. The molecule has 1 aliphatic heterocycles. The fourth-order valence-corrected chi connectivity index (χ4v) is 1.70. The Morgan fingerprint density at radius 1 is 1.67 bits per heavy atom. The van der Waals surface area contributed by atoms with Gasteiger partial charge in [0.15, 0.2) is 0 Å². The summed E-state index contributed by atoms with van der Waals surface area (Å²) in [4.78, 5) is 26.2. The van der Waals surface area contributed by atoms with Crippen LogP contribution in [0.4, 0.5) is 4.79 Å². The summed E-state index contributed by atoms with van der Waals surface area (Å²) in [6.45, 7) is 2.67. The zero-order valence-corrected chi connectivity index (χ0v) is 10.3. The van der Waals surface area contributed by atoms with Crippen molar-refractivity contribution in [2.45, 2.75) is 13.0 Å². The third-order valence-corrected chi connectivity index (χ3v) is 3.03. The van der Waals surface area contributed by atoms with Crippen molar-refractivity contribution in [2.75, 3.05) is 26.7 Å². The van der Waals surface area contributed by atoms with Crippen LogP contribution in [-0.2, 0) is 9.53 Å². The molecule has 2 rings (SSSR count). The molecule has 0 unspecified atom stereocenters. The molecule has 1 aliphatic rings. The Hall–Kier alpha value is -2.05. The van der Waals surface area contributed by atoms with E-state index in [9.17, 15) is 9.59 Å². The van der Waals surface area contributed by atoms with E-state index in [2.05, 4.69) is 5.16 Å². The fraction of sp³-hybridized carbons (Fsp3) is 0.545. The van der Waals surface area contributed by atoms with Gasteiger partial charge in [0.25, 0.3) is 0 Å². The van der Waals surface area contributed by atoms with Gasteiger partial charge in [0.05, 0.1) is 12.6 Å². The van der Waals surface area contributed by atoms with E-state index in [1.54, 1.807) is 13.1 Å². The Kier molecular flexibility index (Phi) is 3.50. The average Bonchev–Trinajstić information content (AvgIpc) is 3.00. The van der Waals surface area contributed by atoms with Crippen LogP contribution in [0.1, 0.15) is 18.7 Å². The van der Waals surface area contributed by atoms with Crippen LogP contribution in [0.15, 0.2) is 16.9 Å². The highest BCUT2D eigenvalue weighted by molar-refractivity contribution is 5.83. The van der Waals surface area contributed by atoms with Gasteiger partial charge in [-0.1, -0.05) is 5.16 Å². The molecule has 1 atom stereocenters. The maximum Gasteiger partial charge on any atom is 0.410 e. The van der Waals surface area contributed by atoms with Crippen molar-refractivity contribution < 1.29 is 18.8 Å². The number of nitrogens with zero attached hydrogens (tertiary/aromatic N) is 3. The van der Waals surface area contributed by atoms with E-state index >= 15 is 0 Å². The van der Waals surface area contributed by atoms with Gasteiger partial charge >= 0.3 is 6.09 Å². The van der Waals surface area contributed by atoms with Crippen molar-refractivity contribution in [1.29, 1.82) is 0 Å². The molecular formula is C11H15N3O4. The highest BCUT2D eigenvalue weighted by Crippen LogP contribution is 2.17. The molecule has 98 valence electrons. The van der Waals surface area contributed by atoms with E-state index in [1.807, 2.05) is 6.92 Å². The van der Waals surface area contributed by atoms with Crippen LogP contribution >= 0.6 is 0 Å². The summed E-state index contributed by atoms with van der Waals surface area (Å²) in [5.41, 5.74) is 0.676. The SMILES string of the molecule is C[C@H](c1ccon1)N(C)C(=O)CN1CCOC1=O. The number of carbonyl (C=O) groups is 2. The van der Waals surface area contributed by atoms with Gasteiger partial charge in [0.2, 0.25) is 5.91 Å². The van der Waals surface area contributed by atoms with E-state index in [4.69, 9.17) is 9.26 Å². The number of cyclic esters (lactones) is 1. The monoisotopic (exact) mass is 253 g/mol. The van der Waals surface area contributed by atoms with Crippen LogP contribution in [0.2, 0.25) is 0 Å². The second-order valence-electron chi connectivity index (χ2n) is 4.14. The van der Waals surface area contributed by atoms with Crippen molar-refractivity contribution in [3.05, 3.63) is 18.0 Å². The summed E-state index contributed by atoms with van der Waals surface area (Å²) in [7, 11) is 1.67. The number of likely N-dealkylation sites (N-methyl/N-ethyl adjacent to an activating group) is 1. The number of hydrogen-bond acceptors (Lipinski definition) is 5. The molecule has 7 nitrogen and oxygen atoms in total. The lowest BCUT2D eigenvalue weighted by Gasteiger charge is -2.24. The zero-order valence-electron chi connectivity index (χ0n) is 10.3. The first-order valence-electron chi connectivity index (χ1n) is 5.67. The number of aromatic nitrogens is 1. The maximum atomic E-state index is 12.0. The van der Waals surface area contributed by atoms with Gasteiger partial charge in [-0.05, 0) is 6.92 Å². The maximum absolute atomic E-state index is 12.0. The van der Waals surface area contributed by atoms with Crippen molar-refractivity contribution in [2.24, 2.45) is 0 Å². The van der Waals surface area contributed by atoms with Crippen LogP contribution in [-0.4, -0.2) is 53.7 Å². The minimum Gasteiger partial charge on any atom is -0.448 e. The van der Waals surface area contributed by atoms with E-state index in [-0.39, 0.29) is 18.5 Å². The van der Waals surface area contributed by atoms with Gasteiger partial charge in [0, 0.05) is 13.1 Å². The molecule has 0 radical (unpaired) electrons. The topological polar surface area (TPSA) is 75.9 Å². The summed E-state index contributed by atoms with van der Waals surface area (Å²) >= 11 is 0. The van der Waals surface area contributed by atoms with Crippen molar-refractivity contribution in [3.63, 3.8) is 0 Å². The molecule has 0 spiro atoms. The molecular weight excluding hydrogens is 238 g/mol. The molecule has 1 fully saturated rings. The Morgan fingerprint density at radius 2 is 2.44 bits per heavy atom. The van der Waals surface area contributed by atoms with Crippen LogP contribution in [0.3, 0.4) is 0 Å². The van der Waals surface area contributed by atoms with Crippen LogP contribution < -0.4 is 0 Å². The summed E-state index contributed by atoms with van der Waals surface area (Å²) in [6.07, 6.45) is 1.02. The molecule has 0 bridgehead atoms. The summed E-state index contributed by atoms with van der Waals surface area (Å²) in [5, 5.41) is 3.79. The largest absolute Gasteiger partial charge is 0.448 e. The number of amides is 2. The molecule has 0 N–H and O–H groups in total. The van der Waals surface area contributed by atoms with Gasteiger partial charge in [-0.15, -0.1) is 0 Å². The van der Waals surface area contributed by atoms with Gasteiger partial charge < -0.3 is 14.2 Å². The molecule has 2 heterocycles. The molecule has 0 aromatic carbocycles. The number of ether oxygens (including phenoxy) is 1. The Labute approximate surface area is 104 Å². The number of rotatable bonds is 4. The molecule has 0 aliphatic carbocycles. The highest BCUT2D eigenvalue weighted by Gasteiger charge is 2.27. The molecule has 1 aromatic heterocycles. The second kappa shape index (κ2) is 5.07. The van der Waals surface area contributed by atoms with Crippen LogP contribution in [0.25, 0.3) is 0 Å². The van der Waals surface area contributed by atoms with Crippen LogP contribution in [0, 0.1) is 0 Å². The van der Waals surface area contributed by atoms with Gasteiger partial charge in [-0.25, -0.2) is 4.79 Å². The Balaban J connectivity index is 1.94. The lowest BCUT2D eigenvalue weighted by atomic mass is 10.2. The first-order valence-corrected chi connectivity index (χ1v) is 5.67. The third kappa shape index (κ3) is 2.44. The highest BCUT2D eigenvalue weighted by atomic mass is 16.6. The lowest BCUT2D eigenvalue weighted by molar-refractivity contribution is -0.132. The fourth-order valence-electron chi connectivity index (χ4n) is 1.70. The molecule has 18 heavy (non-hydrogen) atoms. The summed E-state index contributed by atoms with van der Waals surface area (Å²) in [5.74, 6) is -0.163. The van der Waals surface area contributed by atoms with Gasteiger partial charge in [0.1, 0.15) is 25.1 Å². The lowest BCUT2D eigenvalue weighted by Crippen LogP contribution is -2.40. The van der Waals surface area contributed by atoms with Crippen molar-refractivity contribution in [1.82, 2.24) is 15.0 Å². The normalized spacial score (nSPS) is 16.6. The zero-order chi connectivity index (χ0) is 13.1. The van der Waals surface area contributed by atoms with E-state index in [1.165, 1.54) is 16.1 Å². The second-order valence-corrected chi connectivity index (χ2v) is 4.14. The molecule has 7 heteroatoms. The average molecular weight is 253 g/mol. The van der Waals surface area contributed by atoms with E-state index in [0.717, 1.165) is 0 Å². The quantitative estimate of drug-likeness (QED) is 0.787. The predicted molar refractivity (Wildman–Crippen MR) is 60.6 cm³/mol. The van der Waals surface area contributed by atoms with Gasteiger partial charge in [-0.2, -0.15) is 0 Å². The predicted octanol–water partition coefficient (Wildman–Crippen LogP) is 0.646. The van der Waals surface area contributed by atoms with Gasteiger partial charge in [-0.3, -0.25) is 9.69 Å². The number of carbonyl (C=O) groups excluding carboxylic acids is 2. The van der Waals surface area contributed by atoms with E-state index in [0.29, 0.717) is 18.8 Å². The smallest absolute Gasteiger partial charge is 0.410 e. The Bertz CT molecular complexity index is 432. The van der Waals surface area contributed by atoms with E-state index < -0.39 is 6.09 Å².